The number of halogens is 1. The van der Waals surface area contributed by atoms with Gasteiger partial charge in [-0.1, -0.05) is 23.4 Å². The fraction of sp³-hybridized carbons (Fsp3) is 0.200. The molecule has 0 saturated carbocycles. The molecule has 1 unspecified atom stereocenters. The summed E-state index contributed by atoms with van der Waals surface area (Å²) in [5, 5.41) is 3.17. The van der Waals surface area contributed by atoms with Crippen molar-refractivity contribution < 1.29 is 19.1 Å². The minimum absolute atomic E-state index is 0.0624. The number of anilines is 1. The van der Waals surface area contributed by atoms with Crippen LogP contribution in [0.2, 0.25) is 5.02 Å². The largest absolute Gasteiger partial charge is 0.465 e. The van der Waals surface area contributed by atoms with Crippen LogP contribution in [-0.2, 0) is 14.3 Å². The van der Waals surface area contributed by atoms with E-state index in [9.17, 15) is 14.4 Å². The summed E-state index contributed by atoms with van der Waals surface area (Å²) < 4.78 is 4.65. The molecular formula is C20H18ClN3O4S. The maximum Gasteiger partial charge on any atom is 0.337 e. The fourth-order valence-electron chi connectivity index (χ4n) is 2.55. The average molecular weight is 432 g/mol. The number of methoxy groups -OCH3 is 1. The van der Waals surface area contributed by atoms with Gasteiger partial charge in [0.15, 0.2) is 5.17 Å². The van der Waals surface area contributed by atoms with Crippen LogP contribution in [0.3, 0.4) is 0 Å². The molecule has 1 aliphatic heterocycles. The number of nitrogens with one attached hydrogen (secondary N) is 1. The van der Waals surface area contributed by atoms with Crippen LogP contribution in [0.25, 0.3) is 0 Å². The summed E-state index contributed by atoms with van der Waals surface area (Å²) >= 11 is 7.10. The Balaban J connectivity index is 1.72. The summed E-state index contributed by atoms with van der Waals surface area (Å²) in [6.07, 6.45) is 0.0624. The molecule has 1 N–H and O–H groups in total. The van der Waals surface area contributed by atoms with Crippen LogP contribution in [0, 0.1) is 0 Å². The van der Waals surface area contributed by atoms with Gasteiger partial charge in [0.1, 0.15) is 5.25 Å². The van der Waals surface area contributed by atoms with Crippen molar-refractivity contribution in [3.05, 3.63) is 59.1 Å². The highest BCUT2D eigenvalue weighted by molar-refractivity contribution is 8.15. The summed E-state index contributed by atoms with van der Waals surface area (Å²) in [7, 11) is 2.93. The highest BCUT2D eigenvalue weighted by Gasteiger charge is 2.34. The number of aliphatic imine (C=N–C) groups is 1. The van der Waals surface area contributed by atoms with Crippen molar-refractivity contribution in [2.24, 2.45) is 4.99 Å². The second kappa shape index (κ2) is 9.11. The standard InChI is InChI=1S/C20H18ClN3O4S/c1-24-17(25)11-16(29-20(24)23-15-9-5-13(21)6-10-15)18(26)22-14-7-3-12(4-8-14)19(27)28-2/h3-10,16H,11H2,1-2H3,(H,22,26). The monoisotopic (exact) mass is 431 g/mol. The molecule has 0 aliphatic carbocycles. The molecule has 29 heavy (non-hydrogen) atoms. The lowest BCUT2D eigenvalue weighted by Crippen LogP contribution is -2.43. The molecule has 2 amide bonds. The normalized spacial score (nSPS) is 17.9. The molecule has 9 heteroatoms. The molecule has 7 nitrogen and oxygen atoms in total. The lowest BCUT2D eigenvalue weighted by atomic mass is 10.2. The lowest BCUT2D eigenvalue weighted by molar-refractivity contribution is -0.128. The van der Waals surface area contributed by atoms with E-state index in [2.05, 4.69) is 15.0 Å². The Morgan fingerprint density at radius 1 is 1.17 bits per heavy atom. The van der Waals surface area contributed by atoms with E-state index in [0.717, 1.165) is 0 Å². The molecule has 0 aromatic heterocycles. The number of hydrogen-bond donors (Lipinski definition) is 1. The summed E-state index contributed by atoms with van der Waals surface area (Å²) in [6, 6.07) is 13.2. The molecule has 1 aliphatic rings. The maximum atomic E-state index is 12.7. The quantitative estimate of drug-likeness (QED) is 0.745. The molecular weight excluding hydrogens is 414 g/mol. The predicted octanol–water partition coefficient (Wildman–Crippen LogP) is 3.72. The highest BCUT2D eigenvalue weighted by Crippen LogP contribution is 2.29. The van der Waals surface area contributed by atoms with Gasteiger partial charge in [-0.2, -0.15) is 0 Å². The molecule has 2 aromatic carbocycles. The smallest absolute Gasteiger partial charge is 0.337 e. The van der Waals surface area contributed by atoms with Crippen molar-refractivity contribution in [1.82, 2.24) is 4.90 Å². The van der Waals surface area contributed by atoms with E-state index < -0.39 is 11.2 Å². The topological polar surface area (TPSA) is 88.1 Å². The maximum absolute atomic E-state index is 12.7. The van der Waals surface area contributed by atoms with Crippen LogP contribution in [0.4, 0.5) is 11.4 Å². The number of carbonyl (C=O) groups is 3. The number of carbonyl (C=O) groups excluding carboxylic acids is 3. The number of amidine groups is 1. The summed E-state index contributed by atoms with van der Waals surface area (Å²) in [6.45, 7) is 0. The van der Waals surface area contributed by atoms with Crippen LogP contribution in [0.1, 0.15) is 16.8 Å². The number of esters is 1. The molecule has 3 rings (SSSR count). The number of rotatable bonds is 4. The van der Waals surface area contributed by atoms with E-state index in [0.29, 0.717) is 27.1 Å². The zero-order chi connectivity index (χ0) is 21.0. The van der Waals surface area contributed by atoms with E-state index in [1.807, 2.05) is 0 Å². The molecule has 0 spiro atoms. The van der Waals surface area contributed by atoms with Crippen LogP contribution in [0.15, 0.2) is 53.5 Å². The van der Waals surface area contributed by atoms with Gasteiger partial charge in [0.2, 0.25) is 11.8 Å². The van der Waals surface area contributed by atoms with Gasteiger partial charge in [-0.15, -0.1) is 0 Å². The molecule has 1 fully saturated rings. The second-order valence-corrected chi connectivity index (χ2v) is 7.80. The van der Waals surface area contributed by atoms with Crippen molar-refractivity contribution in [2.45, 2.75) is 11.7 Å². The van der Waals surface area contributed by atoms with E-state index in [4.69, 9.17) is 11.6 Å². The minimum atomic E-state index is -0.620. The van der Waals surface area contributed by atoms with E-state index in [1.54, 1.807) is 55.6 Å². The van der Waals surface area contributed by atoms with Crippen molar-refractivity contribution in [2.75, 3.05) is 19.5 Å². The number of benzene rings is 2. The number of hydrogen-bond acceptors (Lipinski definition) is 6. The molecule has 1 heterocycles. The Labute approximate surface area is 177 Å². The zero-order valence-electron chi connectivity index (χ0n) is 15.7. The third-order valence-corrected chi connectivity index (χ3v) is 5.68. The third kappa shape index (κ3) is 5.16. The van der Waals surface area contributed by atoms with Crippen molar-refractivity contribution in [3.8, 4) is 0 Å². The summed E-state index contributed by atoms with van der Waals surface area (Å²) in [5.74, 6) is -0.967. The average Bonchev–Trinajstić information content (AvgIpc) is 2.72. The summed E-state index contributed by atoms with van der Waals surface area (Å²) in [5.41, 5.74) is 1.54. The number of thioether (sulfide) groups is 1. The van der Waals surface area contributed by atoms with Gasteiger partial charge in [-0.3, -0.25) is 14.5 Å². The first-order valence-electron chi connectivity index (χ1n) is 8.64. The number of amides is 2. The van der Waals surface area contributed by atoms with Gasteiger partial charge < -0.3 is 10.1 Å². The minimum Gasteiger partial charge on any atom is -0.465 e. The fourth-order valence-corrected chi connectivity index (χ4v) is 3.74. The first-order valence-corrected chi connectivity index (χ1v) is 9.90. The Morgan fingerprint density at radius 3 is 2.45 bits per heavy atom. The zero-order valence-corrected chi connectivity index (χ0v) is 17.3. The van der Waals surface area contributed by atoms with Gasteiger partial charge in [0.05, 0.1) is 18.4 Å². The van der Waals surface area contributed by atoms with Crippen LogP contribution >= 0.6 is 23.4 Å². The van der Waals surface area contributed by atoms with Crippen LogP contribution in [-0.4, -0.2) is 47.3 Å². The molecule has 0 radical (unpaired) electrons. The van der Waals surface area contributed by atoms with Crippen molar-refractivity contribution in [3.63, 3.8) is 0 Å². The van der Waals surface area contributed by atoms with Gasteiger partial charge in [0, 0.05) is 24.2 Å². The second-order valence-electron chi connectivity index (χ2n) is 6.19. The summed E-state index contributed by atoms with van der Waals surface area (Å²) in [4.78, 5) is 42.4. The Morgan fingerprint density at radius 2 is 1.83 bits per heavy atom. The Hall–Kier alpha value is -2.84. The van der Waals surface area contributed by atoms with Gasteiger partial charge >= 0.3 is 5.97 Å². The van der Waals surface area contributed by atoms with Crippen molar-refractivity contribution >= 4 is 57.7 Å². The predicted molar refractivity (Wildman–Crippen MR) is 114 cm³/mol. The first-order chi connectivity index (χ1) is 13.9. The number of ether oxygens (including phenoxy) is 1. The van der Waals surface area contributed by atoms with Crippen LogP contribution < -0.4 is 5.32 Å². The first kappa shape index (κ1) is 20.9. The van der Waals surface area contributed by atoms with E-state index in [1.165, 1.54) is 23.8 Å². The Kier molecular flexibility index (Phi) is 6.56. The van der Waals surface area contributed by atoms with Crippen LogP contribution in [0.5, 0.6) is 0 Å². The molecule has 150 valence electrons. The van der Waals surface area contributed by atoms with E-state index in [-0.39, 0.29) is 18.2 Å². The molecule has 0 bridgehead atoms. The van der Waals surface area contributed by atoms with Gasteiger partial charge in [-0.05, 0) is 48.5 Å². The highest BCUT2D eigenvalue weighted by atomic mass is 35.5. The van der Waals surface area contributed by atoms with Gasteiger partial charge in [0.25, 0.3) is 0 Å². The number of nitrogens with zero attached hydrogens (tertiary/aromatic N) is 2. The molecule has 2 aromatic rings. The third-order valence-electron chi connectivity index (χ3n) is 4.19. The molecule has 1 saturated heterocycles. The molecule has 1 atom stereocenters. The SMILES string of the molecule is COC(=O)c1ccc(NC(=O)C2CC(=O)N(C)C(=Nc3ccc(Cl)cc3)S2)cc1. The lowest BCUT2D eigenvalue weighted by Gasteiger charge is -2.28. The van der Waals surface area contributed by atoms with E-state index >= 15 is 0 Å². The van der Waals surface area contributed by atoms with Crippen molar-refractivity contribution in [1.29, 1.82) is 0 Å². The van der Waals surface area contributed by atoms with Gasteiger partial charge in [-0.25, -0.2) is 9.79 Å². The Bertz CT molecular complexity index is 961.